The Kier molecular flexibility index (Phi) is 10.8. The van der Waals surface area contributed by atoms with Crippen molar-refractivity contribution in [2.24, 2.45) is 5.92 Å². The number of nitrogens with one attached hydrogen (secondary N) is 1. The van der Waals surface area contributed by atoms with E-state index in [-0.39, 0.29) is 26.3 Å². The van der Waals surface area contributed by atoms with E-state index in [0.717, 1.165) is 29.5 Å². The minimum absolute atomic E-state index is 0.0294. The first-order valence-electron chi connectivity index (χ1n) is 14.7. The van der Waals surface area contributed by atoms with Gasteiger partial charge in [0.1, 0.15) is 24.0 Å². The number of fused-ring (bicyclic) bond motifs is 1. The lowest BCUT2D eigenvalue weighted by Crippen LogP contribution is -2.54. The van der Waals surface area contributed by atoms with Crippen LogP contribution in [0.5, 0.6) is 0 Å². The Bertz CT molecular complexity index is 1630. The molecule has 3 aromatic rings. The fourth-order valence-corrected chi connectivity index (χ4v) is 6.25. The van der Waals surface area contributed by atoms with E-state index in [4.69, 9.17) is 18.9 Å². The maximum atomic E-state index is 12.8. The molecule has 0 bridgehead atoms. The van der Waals surface area contributed by atoms with Crippen LogP contribution in [0.3, 0.4) is 0 Å². The molecule has 5 atom stereocenters. The zero-order valence-electron chi connectivity index (χ0n) is 25.2. The normalized spacial score (nSPS) is 24.6. The Morgan fingerprint density at radius 3 is 2.69 bits per heavy atom. The average Bonchev–Trinajstić information content (AvgIpc) is 3.50. The first kappa shape index (κ1) is 32.9. The molecular weight excluding hydrogens is 604 g/mol. The SMILES string of the molecule is CO[C@H]1O[C@H](Cn2cc(COCCNS(=O)(=O)/C(C#N)=C/c3ccc4cc(N5CCOCC5)ccc4c3)nn2)[C@@H](O)[C@H](C)[C@H]1O. The van der Waals surface area contributed by atoms with Crippen molar-refractivity contribution in [3.05, 3.63) is 58.8 Å². The molecule has 0 amide bonds. The minimum Gasteiger partial charge on any atom is -0.390 e. The van der Waals surface area contributed by atoms with Crippen molar-refractivity contribution in [2.45, 2.75) is 44.7 Å². The van der Waals surface area contributed by atoms with E-state index in [1.165, 1.54) is 17.9 Å². The number of hydrogen-bond acceptors (Lipinski definition) is 12. The van der Waals surface area contributed by atoms with E-state index in [2.05, 4.69) is 26.0 Å². The van der Waals surface area contributed by atoms with Crippen LogP contribution in [0.1, 0.15) is 18.2 Å². The number of morpholine rings is 1. The molecule has 0 unspecified atom stereocenters. The maximum Gasteiger partial charge on any atom is 0.250 e. The van der Waals surface area contributed by atoms with E-state index in [1.54, 1.807) is 25.3 Å². The number of rotatable bonds is 12. The summed E-state index contributed by atoms with van der Waals surface area (Å²) in [6.45, 7) is 4.99. The number of sulfonamides is 1. The third-order valence-corrected chi connectivity index (χ3v) is 9.31. The molecule has 242 valence electrons. The molecule has 3 N–H and O–H groups in total. The highest BCUT2D eigenvalue weighted by Gasteiger charge is 2.42. The Morgan fingerprint density at radius 2 is 1.93 bits per heavy atom. The smallest absolute Gasteiger partial charge is 0.250 e. The number of allylic oxidation sites excluding steroid dienone is 1. The molecule has 2 aliphatic rings. The Morgan fingerprint density at radius 1 is 1.18 bits per heavy atom. The van der Waals surface area contributed by atoms with Crippen molar-refractivity contribution >= 4 is 32.6 Å². The summed E-state index contributed by atoms with van der Waals surface area (Å²) in [5, 5.41) is 40.3. The average molecular weight is 643 g/mol. The number of nitriles is 1. The van der Waals surface area contributed by atoms with Crippen molar-refractivity contribution in [3.63, 3.8) is 0 Å². The molecule has 2 aromatic carbocycles. The van der Waals surface area contributed by atoms with Gasteiger partial charge in [-0.2, -0.15) is 5.26 Å². The van der Waals surface area contributed by atoms with E-state index < -0.39 is 45.4 Å². The highest BCUT2D eigenvalue weighted by atomic mass is 32.2. The van der Waals surface area contributed by atoms with Crippen molar-refractivity contribution in [1.82, 2.24) is 19.7 Å². The van der Waals surface area contributed by atoms with Gasteiger partial charge in [0.2, 0.25) is 0 Å². The fourth-order valence-electron chi connectivity index (χ4n) is 5.33. The topological polar surface area (TPSA) is 181 Å². The number of methoxy groups -OCH3 is 1. The van der Waals surface area contributed by atoms with Crippen molar-refractivity contribution in [3.8, 4) is 6.07 Å². The zero-order valence-corrected chi connectivity index (χ0v) is 26.0. The lowest BCUT2D eigenvalue weighted by atomic mass is 9.90. The lowest BCUT2D eigenvalue weighted by Gasteiger charge is -2.40. The van der Waals surface area contributed by atoms with Crippen LogP contribution in [0.15, 0.2) is 47.5 Å². The second-order valence-corrected chi connectivity index (χ2v) is 12.7. The molecule has 3 heterocycles. The summed E-state index contributed by atoms with van der Waals surface area (Å²) in [5.41, 5.74) is 2.19. The molecule has 2 saturated heterocycles. The quantitative estimate of drug-likeness (QED) is 0.189. The Labute approximate surface area is 261 Å². The van der Waals surface area contributed by atoms with E-state index >= 15 is 0 Å². The molecule has 0 spiro atoms. The van der Waals surface area contributed by atoms with Gasteiger partial charge in [-0.15, -0.1) is 5.10 Å². The van der Waals surface area contributed by atoms with Crippen LogP contribution >= 0.6 is 0 Å². The number of aromatic nitrogens is 3. The third kappa shape index (κ3) is 8.04. The summed E-state index contributed by atoms with van der Waals surface area (Å²) in [4.78, 5) is 1.86. The lowest BCUT2D eigenvalue weighted by molar-refractivity contribution is -0.277. The van der Waals surface area contributed by atoms with Crippen LogP contribution in [-0.4, -0.2) is 105 Å². The zero-order chi connectivity index (χ0) is 32.0. The molecule has 0 radical (unpaired) electrons. The van der Waals surface area contributed by atoms with Gasteiger partial charge in [0.25, 0.3) is 10.0 Å². The number of hydrogen-bond donors (Lipinski definition) is 3. The number of aliphatic hydroxyl groups is 2. The predicted octanol–water partition coefficient (Wildman–Crippen LogP) is 0.998. The highest BCUT2D eigenvalue weighted by molar-refractivity contribution is 7.93. The second kappa shape index (κ2) is 14.8. The largest absolute Gasteiger partial charge is 0.390 e. The molecule has 14 nitrogen and oxygen atoms in total. The second-order valence-electron chi connectivity index (χ2n) is 11.0. The Balaban J connectivity index is 1.11. The standard InChI is InChI=1S/C30H38N6O8S/c1-20-28(37)27(44-30(41-2)29(20)38)18-36-17-24(33-34-36)19-43-10-7-32-45(39,40)26(16-31)14-21-3-4-23-15-25(6-5-22(23)13-21)35-8-11-42-12-9-35/h3-6,13-15,17,20,27-30,32,37-38H,7-12,18-19H2,1-2H3/b26-14+/t20-,27+,28-,29+,30-/m0/s1. The van der Waals surface area contributed by atoms with Crippen LogP contribution in [0, 0.1) is 17.2 Å². The predicted molar refractivity (Wildman–Crippen MR) is 164 cm³/mol. The van der Waals surface area contributed by atoms with E-state index in [1.807, 2.05) is 24.3 Å². The summed E-state index contributed by atoms with van der Waals surface area (Å²) in [7, 11) is -2.65. The summed E-state index contributed by atoms with van der Waals surface area (Å²) in [5.74, 6) is -0.456. The van der Waals surface area contributed by atoms with Crippen molar-refractivity contribution < 1.29 is 37.6 Å². The van der Waals surface area contributed by atoms with E-state index in [9.17, 15) is 23.9 Å². The highest BCUT2D eigenvalue weighted by Crippen LogP contribution is 2.27. The van der Waals surface area contributed by atoms with Gasteiger partial charge in [-0.3, -0.25) is 0 Å². The fraction of sp³-hybridized carbons (Fsp3) is 0.500. The molecule has 45 heavy (non-hydrogen) atoms. The van der Waals surface area contributed by atoms with Gasteiger partial charge in [-0.1, -0.05) is 30.3 Å². The van der Waals surface area contributed by atoms with Gasteiger partial charge in [0.05, 0.1) is 45.3 Å². The minimum atomic E-state index is -4.07. The van der Waals surface area contributed by atoms with Crippen LogP contribution in [-0.2, 0) is 42.1 Å². The molecule has 0 aliphatic carbocycles. The van der Waals surface area contributed by atoms with Crippen LogP contribution in [0.25, 0.3) is 16.8 Å². The van der Waals surface area contributed by atoms with Crippen molar-refractivity contribution in [1.29, 1.82) is 5.26 Å². The van der Waals surface area contributed by atoms with Gasteiger partial charge < -0.3 is 34.1 Å². The number of anilines is 1. The molecule has 1 aromatic heterocycles. The molecule has 15 heteroatoms. The first-order chi connectivity index (χ1) is 21.7. The molecule has 2 aliphatic heterocycles. The monoisotopic (exact) mass is 642 g/mol. The van der Waals surface area contributed by atoms with Crippen molar-refractivity contribution in [2.75, 3.05) is 51.5 Å². The summed E-state index contributed by atoms with van der Waals surface area (Å²) >= 11 is 0. The van der Waals surface area contributed by atoms with Gasteiger partial charge in [0.15, 0.2) is 11.2 Å². The molecule has 5 rings (SSSR count). The van der Waals surface area contributed by atoms with Gasteiger partial charge in [-0.25, -0.2) is 17.8 Å². The van der Waals surface area contributed by atoms with Crippen LogP contribution in [0.4, 0.5) is 5.69 Å². The van der Waals surface area contributed by atoms with Gasteiger partial charge in [-0.05, 0) is 40.6 Å². The number of aliphatic hydroxyl groups excluding tert-OH is 2. The number of benzene rings is 2. The van der Waals surface area contributed by atoms with Crippen LogP contribution < -0.4 is 9.62 Å². The Hall–Kier alpha value is -3.46. The summed E-state index contributed by atoms with van der Waals surface area (Å²) in [6, 6.07) is 13.5. The maximum absolute atomic E-state index is 12.8. The van der Waals surface area contributed by atoms with Gasteiger partial charge in [0, 0.05) is 38.3 Å². The molecule has 0 saturated carbocycles. The van der Waals surface area contributed by atoms with E-state index in [0.29, 0.717) is 24.5 Å². The molecule has 2 fully saturated rings. The number of ether oxygens (including phenoxy) is 4. The first-order valence-corrected chi connectivity index (χ1v) is 16.2. The number of nitrogens with zero attached hydrogens (tertiary/aromatic N) is 5. The summed E-state index contributed by atoms with van der Waals surface area (Å²) < 4.78 is 51.4. The summed E-state index contributed by atoms with van der Waals surface area (Å²) in [6.07, 6.45) is -0.427. The third-order valence-electron chi connectivity index (χ3n) is 7.94. The van der Waals surface area contributed by atoms with Crippen LogP contribution in [0.2, 0.25) is 0 Å². The van der Waals surface area contributed by atoms with Gasteiger partial charge >= 0.3 is 0 Å². The molecular formula is C30H38N6O8S.